The number of nitrogens with zero attached hydrogens (tertiary/aromatic N) is 1. The highest BCUT2D eigenvalue weighted by molar-refractivity contribution is 5.78. The number of likely N-dealkylation sites (tertiary alicyclic amines) is 1. The van der Waals surface area contributed by atoms with Gasteiger partial charge in [0.2, 0.25) is 5.91 Å². The van der Waals surface area contributed by atoms with Gasteiger partial charge < -0.3 is 10.1 Å². The molecule has 1 unspecified atom stereocenters. The van der Waals surface area contributed by atoms with Crippen molar-refractivity contribution in [3.63, 3.8) is 0 Å². The van der Waals surface area contributed by atoms with Crippen LogP contribution in [-0.2, 0) is 14.3 Å². The maximum atomic E-state index is 12.0. The van der Waals surface area contributed by atoms with Crippen molar-refractivity contribution in [3.8, 4) is 0 Å². The molecule has 116 valence electrons. The van der Waals surface area contributed by atoms with Gasteiger partial charge >= 0.3 is 5.97 Å². The summed E-state index contributed by atoms with van der Waals surface area (Å²) in [6.45, 7) is 10.3. The van der Waals surface area contributed by atoms with Gasteiger partial charge in [-0.1, -0.05) is 13.8 Å². The lowest BCUT2D eigenvalue weighted by Crippen LogP contribution is -2.47. The third-order valence-electron chi connectivity index (χ3n) is 3.88. The SMILES string of the molecule is CCOC(=O)[C@H]1CCCN(CC(=O)NC(C)C(C)C)C1. The zero-order chi connectivity index (χ0) is 15.1. The van der Waals surface area contributed by atoms with E-state index in [-0.39, 0.29) is 23.8 Å². The Morgan fingerprint density at radius 2 is 2.05 bits per heavy atom. The first kappa shape index (κ1) is 17.0. The Hall–Kier alpha value is -1.10. The lowest BCUT2D eigenvalue weighted by molar-refractivity contribution is -0.150. The minimum Gasteiger partial charge on any atom is -0.466 e. The van der Waals surface area contributed by atoms with Crippen molar-refractivity contribution in [1.82, 2.24) is 10.2 Å². The number of nitrogens with one attached hydrogen (secondary N) is 1. The quantitative estimate of drug-likeness (QED) is 0.750. The molecule has 1 heterocycles. The van der Waals surface area contributed by atoms with Crippen LogP contribution in [0.25, 0.3) is 0 Å². The van der Waals surface area contributed by atoms with E-state index in [0.29, 0.717) is 25.6 Å². The Bertz CT molecular complexity index is 331. The van der Waals surface area contributed by atoms with Gasteiger partial charge in [-0.15, -0.1) is 0 Å². The fourth-order valence-electron chi connectivity index (χ4n) is 2.32. The maximum absolute atomic E-state index is 12.0. The van der Waals surface area contributed by atoms with Gasteiger partial charge in [0, 0.05) is 12.6 Å². The smallest absolute Gasteiger partial charge is 0.310 e. The predicted octanol–water partition coefficient (Wildman–Crippen LogP) is 1.42. The molecule has 1 amide bonds. The molecule has 2 atom stereocenters. The largest absolute Gasteiger partial charge is 0.466 e. The third-order valence-corrected chi connectivity index (χ3v) is 3.88. The van der Waals surface area contributed by atoms with Gasteiger partial charge in [-0.3, -0.25) is 14.5 Å². The molecule has 0 bridgehead atoms. The first-order valence-corrected chi connectivity index (χ1v) is 7.62. The molecule has 0 aliphatic carbocycles. The fraction of sp³-hybridized carbons (Fsp3) is 0.867. The Labute approximate surface area is 122 Å². The topological polar surface area (TPSA) is 58.6 Å². The summed E-state index contributed by atoms with van der Waals surface area (Å²) in [7, 11) is 0. The standard InChI is InChI=1S/C15H28N2O3/c1-5-20-15(19)13-7-6-8-17(9-13)10-14(18)16-12(4)11(2)3/h11-13H,5-10H2,1-4H3,(H,16,18)/t12?,13-/m0/s1. The van der Waals surface area contributed by atoms with Crippen LogP contribution in [0.2, 0.25) is 0 Å². The molecule has 5 heteroatoms. The monoisotopic (exact) mass is 284 g/mol. The summed E-state index contributed by atoms with van der Waals surface area (Å²) >= 11 is 0. The second kappa shape index (κ2) is 8.25. The lowest BCUT2D eigenvalue weighted by atomic mass is 9.98. The highest BCUT2D eigenvalue weighted by Crippen LogP contribution is 2.17. The van der Waals surface area contributed by atoms with E-state index in [1.165, 1.54) is 0 Å². The van der Waals surface area contributed by atoms with Crippen LogP contribution in [0.5, 0.6) is 0 Å². The minimum atomic E-state index is -0.131. The zero-order valence-electron chi connectivity index (χ0n) is 13.1. The summed E-state index contributed by atoms with van der Waals surface area (Å²) in [6.07, 6.45) is 1.80. The molecule has 20 heavy (non-hydrogen) atoms. The molecule has 1 aliphatic heterocycles. The molecule has 1 aliphatic rings. The molecule has 0 radical (unpaired) electrons. The van der Waals surface area contributed by atoms with Crippen LogP contribution < -0.4 is 5.32 Å². The average Bonchev–Trinajstić information content (AvgIpc) is 2.39. The number of hydrogen-bond donors (Lipinski definition) is 1. The molecule has 0 aromatic rings. The minimum absolute atomic E-state index is 0.0377. The first-order valence-electron chi connectivity index (χ1n) is 7.62. The summed E-state index contributed by atoms with van der Waals surface area (Å²) in [6, 6.07) is 0.174. The highest BCUT2D eigenvalue weighted by atomic mass is 16.5. The van der Waals surface area contributed by atoms with Gasteiger partial charge in [-0.25, -0.2) is 0 Å². The van der Waals surface area contributed by atoms with Crippen LogP contribution >= 0.6 is 0 Å². The van der Waals surface area contributed by atoms with E-state index >= 15 is 0 Å². The molecular weight excluding hydrogens is 256 g/mol. The zero-order valence-corrected chi connectivity index (χ0v) is 13.1. The van der Waals surface area contributed by atoms with Crippen molar-refractivity contribution in [3.05, 3.63) is 0 Å². The van der Waals surface area contributed by atoms with Crippen molar-refractivity contribution in [2.24, 2.45) is 11.8 Å². The van der Waals surface area contributed by atoms with Crippen molar-refractivity contribution in [1.29, 1.82) is 0 Å². The van der Waals surface area contributed by atoms with Crippen molar-refractivity contribution >= 4 is 11.9 Å². The number of rotatable bonds is 6. The van der Waals surface area contributed by atoms with Gasteiger partial charge in [0.25, 0.3) is 0 Å². The van der Waals surface area contributed by atoms with Crippen molar-refractivity contribution in [2.75, 3.05) is 26.2 Å². The number of esters is 1. The Kier molecular flexibility index (Phi) is 6.99. The van der Waals surface area contributed by atoms with Gasteiger partial charge in [0.05, 0.1) is 19.1 Å². The van der Waals surface area contributed by atoms with E-state index in [1.54, 1.807) is 0 Å². The van der Waals surface area contributed by atoms with E-state index in [4.69, 9.17) is 4.74 Å². The van der Waals surface area contributed by atoms with E-state index in [9.17, 15) is 9.59 Å². The van der Waals surface area contributed by atoms with E-state index in [0.717, 1.165) is 19.4 Å². The van der Waals surface area contributed by atoms with Gasteiger partial charge in [0.15, 0.2) is 0 Å². The Morgan fingerprint density at radius 3 is 2.65 bits per heavy atom. The van der Waals surface area contributed by atoms with Crippen LogP contribution in [0.3, 0.4) is 0 Å². The molecule has 0 saturated carbocycles. The molecule has 1 fully saturated rings. The molecule has 0 aromatic heterocycles. The molecule has 1 saturated heterocycles. The number of carbonyl (C=O) groups excluding carboxylic acids is 2. The second-order valence-corrected chi connectivity index (χ2v) is 5.93. The fourth-order valence-corrected chi connectivity index (χ4v) is 2.32. The predicted molar refractivity (Wildman–Crippen MR) is 78.2 cm³/mol. The van der Waals surface area contributed by atoms with Crippen molar-refractivity contribution < 1.29 is 14.3 Å². The highest BCUT2D eigenvalue weighted by Gasteiger charge is 2.27. The van der Waals surface area contributed by atoms with Gasteiger partial charge in [-0.05, 0) is 39.2 Å². The van der Waals surface area contributed by atoms with Crippen molar-refractivity contribution in [2.45, 2.75) is 46.6 Å². The second-order valence-electron chi connectivity index (χ2n) is 5.93. The summed E-state index contributed by atoms with van der Waals surface area (Å²) < 4.78 is 5.06. The number of carbonyl (C=O) groups is 2. The van der Waals surface area contributed by atoms with Crippen LogP contribution in [0.15, 0.2) is 0 Å². The van der Waals surface area contributed by atoms with Gasteiger partial charge in [0.1, 0.15) is 0 Å². The van der Waals surface area contributed by atoms with E-state index < -0.39 is 0 Å². The van der Waals surface area contributed by atoms with E-state index in [1.807, 2.05) is 18.7 Å². The third kappa shape index (κ3) is 5.49. The summed E-state index contributed by atoms with van der Waals surface area (Å²) in [5, 5.41) is 3.00. The molecule has 0 spiro atoms. The maximum Gasteiger partial charge on any atom is 0.310 e. The van der Waals surface area contributed by atoms with Gasteiger partial charge in [-0.2, -0.15) is 0 Å². The Morgan fingerprint density at radius 1 is 1.35 bits per heavy atom. The number of ether oxygens (including phenoxy) is 1. The number of amides is 1. The molecular formula is C15H28N2O3. The van der Waals surface area contributed by atoms with Crippen LogP contribution in [0.1, 0.15) is 40.5 Å². The van der Waals surface area contributed by atoms with Crippen LogP contribution in [0.4, 0.5) is 0 Å². The average molecular weight is 284 g/mol. The first-order chi connectivity index (χ1) is 9.43. The summed E-state index contributed by atoms with van der Waals surface area (Å²) in [4.78, 5) is 25.8. The van der Waals surface area contributed by atoms with E-state index in [2.05, 4.69) is 19.2 Å². The van der Waals surface area contributed by atoms with Crippen LogP contribution in [0, 0.1) is 11.8 Å². The summed E-state index contributed by atoms with van der Waals surface area (Å²) in [5.41, 5.74) is 0. The molecule has 0 aromatic carbocycles. The number of piperidine rings is 1. The number of hydrogen-bond acceptors (Lipinski definition) is 4. The normalized spacial score (nSPS) is 21.6. The Balaban J connectivity index is 2.40. The van der Waals surface area contributed by atoms with Crippen LogP contribution in [-0.4, -0.2) is 49.1 Å². The molecule has 5 nitrogen and oxygen atoms in total. The molecule has 1 N–H and O–H groups in total. The lowest BCUT2D eigenvalue weighted by Gasteiger charge is -2.31. The molecule has 1 rings (SSSR count). The summed E-state index contributed by atoms with van der Waals surface area (Å²) in [5.74, 6) is 0.246.